The molecule has 2 rings (SSSR count). The van der Waals surface area contributed by atoms with Gasteiger partial charge in [-0.05, 0) is 29.8 Å². The van der Waals surface area contributed by atoms with E-state index in [4.69, 9.17) is 23.2 Å². The zero-order chi connectivity index (χ0) is 13.1. The second-order valence-corrected chi connectivity index (χ2v) is 5.45. The molecule has 0 amide bonds. The standard InChI is InChI=1S/C13H9BrCl2FN/c14-9-5-11(15)13(12(16)6-9)18-7-8-1-3-10(17)4-2-8/h1-6,18H,7H2. The lowest BCUT2D eigenvalue weighted by molar-refractivity contribution is 0.627. The van der Waals surface area contributed by atoms with Crippen LogP contribution in [0.4, 0.5) is 10.1 Å². The predicted octanol–water partition coefficient (Wildman–Crippen LogP) is 5.51. The fraction of sp³-hybridized carbons (Fsp3) is 0.0769. The summed E-state index contributed by atoms with van der Waals surface area (Å²) in [5.74, 6) is -0.251. The van der Waals surface area contributed by atoms with E-state index in [-0.39, 0.29) is 5.82 Å². The van der Waals surface area contributed by atoms with Gasteiger partial charge in [-0.3, -0.25) is 0 Å². The average Bonchev–Trinajstić information content (AvgIpc) is 2.30. The van der Waals surface area contributed by atoms with Crippen molar-refractivity contribution < 1.29 is 4.39 Å². The van der Waals surface area contributed by atoms with E-state index >= 15 is 0 Å². The van der Waals surface area contributed by atoms with Crippen LogP contribution in [0.5, 0.6) is 0 Å². The number of hydrogen-bond donors (Lipinski definition) is 1. The number of benzene rings is 2. The van der Waals surface area contributed by atoms with E-state index in [1.807, 2.05) is 0 Å². The molecule has 5 heteroatoms. The van der Waals surface area contributed by atoms with Crippen LogP contribution in [0.25, 0.3) is 0 Å². The van der Waals surface area contributed by atoms with Gasteiger partial charge >= 0.3 is 0 Å². The molecule has 0 spiro atoms. The molecule has 18 heavy (non-hydrogen) atoms. The summed E-state index contributed by atoms with van der Waals surface area (Å²) in [5, 5.41) is 4.21. The van der Waals surface area contributed by atoms with Gasteiger partial charge in [0.15, 0.2) is 0 Å². The minimum absolute atomic E-state index is 0.251. The highest BCUT2D eigenvalue weighted by atomic mass is 79.9. The van der Waals surface area contributed by atoms with Gasteiger partial charge in [0.1, 0.15) is 5.82 Å². The molecule has 0 atom stereocenters. The lowest BCUT2D eigenvalue weighted by atomic mass is 10.2. The first-order chi connectivity index (χ1) is 8.56. The fourth-order valence-corrected chi connectivity index (χ4v) is 2.85. The molecule has 0 aliphatic heterocycles. The van der Waals surface area contributed by atoms with Crippen LogP contribution >= 0.6 is 39.1 Å². The van der Waals surface area contributed by atoms with Gasteiger partial charge in [-0.15, -0.1) is 0 Å². The van der Waals surface area contributed by atoms with Gasteiger partial charge in [0.25, 0.3) is 0 Å². The Morgan fingerprint density at radius 1 is 1.06 bits per heavy atom. The monoisotopic (exact) mass is 347 g/mol. The molecule has 0 aliphatic carbocycles. The SMILES string of the molecule is Fc1ccc(CNc2c(Cl)cc(Br)cc2Cl)cc1. The van der Waals surface area contributed by atoms with Crippen LogP contribution in [0, 0.1) is 5.82 Å². The lowest BCUT2D eigenvalue weighted by Crippen LogP contribution is -2.00. The maximum Gasteiger partial charge on any atom is 0.123 e. The smallest absolute Gasteiger partial charge is 0.123 e. The second kappa shape index (κ2) is 5.91. The molecule has 0 bridgehead atoms. The molecule has 0 unspecified atom stereocenters. The van der Waals surface area contributed by atoms with Crippen molar-refractivity contribution in [2.45, 2.75) is 6.54 Å². The molecule has 0 aromatic heterocycles. The Balaban J connectivity index is 2.13. The van der Waals surface area contributed by atoms with Crippen LogP contribution < -0.4 is 5.32 Å². The molecule has 0 saturated heterocycles. The third kappa shape index (κ3) is 3.37. The lowest BCUT2D eigenvalue weighted by Gasteiger charge is -2.11. The molecule has 0 aliphatic rings. The van der Waals surface area contributed by atoms with Gasteiger partial charge in [-0.1, -0.05) is 51.3 Å². The summed E-state index contributed by atoms with van der Waals surface area (Å²) in [6, 6.07) is 9.79. The zero-order valence-electron chi connectivity index (χ0n) is 9.18. The van der Waals surface area contributed by atoms with E-state index in [1.54, 1.807) is 24.3 Å². The highest BCUT2D eigenvalue weighted by molar-refractivity contribution is 9.10. The van der Waals surface area contributed by atoms with E-state index in [1.165, 1.54) is 12.1 Å². The molecule has 0 fully saturated rings. The third-order valence-electron chi connectivity index (χ3n) is 2.39. The van der Waals surface area contributed by atoms with Gasteiger partial charge in [0.05, 0.1) is 15.7 Å². The fourth-order valence-electron chi connectivity index (χ4n) is 1.50. The van der Waals surface area contributed by atoms with Gasteiger partial charge < -0.3 is 5.32 Å². The van der Waals surface area contributed by atoms with E-state index in [9.17, 15) is 4.39 Å². The van der Waals surface area contributed by atoms with Crippen LogP contribution in [0.15, 0.2) is 40.9 Å². The first kappa shape index (κ1) is 13.7. The van der Waals surface area contributed by atoms with Crippen LogP contribution in [0.2, 0.25) is 10.0 Å². The molecule has 94 valence electrons. The van der Waals surface area contributed by atoms with Gasteiger partial charge in [0, 0.05) is 11.0 Å². The number of rotatable bonds is 3. The molecular formula is C13H9BrCl2FN. The molecule has 2 aromatic carbocycles. The Labute approximate surface area is 123 Å². The maximum absolute atomic E-state index is 12.8. The molecule has 0 saturated carbocycles. The summed E-state index contributed by atoms with van der Waals surface area (Å²) in [4.78, 5) is 0. The molecule has 0 radical (unpaired) electrons. The number of halogens is 4. The van der Waals surface area contributed by atoms with Crippen molar-refractivity contribution in [2.24, 2.45) is 0 Å². The number of anilines is 1. The van der Waals surface area contributed by atoms with Crippen LogP contribution in [-0.2, 0) is 6.54 Å². The van der Waals surface area contributed by atoms with E-state index < -0.39 is 0 Å². The first-order valence-electron chi connectivity index (χ1n) is 5.19. The summed E-state index contributed by atoms with van der Waals surface area (Å²) in [6.45, 7) is 0.529. The summed E-state index contributed by atoms with van der Waals surface area (Å²) in [6.07, 6.45) is 0. The number of nitrogens with one attached hydrogen (secondary N) is 1. The van der Waals surface area contributed by atoms with Crippen molar-refractivity contribution in [3.63, 3.8) is 0 Å². The maximum atomic E-state index is 12.8. The Kier molecular flexibility index (Phi) is 4.49. The molecule has 1 nitrogen and oxygen atoms in total. The highest BCUT2D eigenvalue weighted by Gasteiger charge is 2.07. The summed E-state index contributed by atoms with van der Waals surface area (Å²) >= 11 is 15.5. The molecule has 0 heterocycles. The van der Waals surface area contributed by atoms with E-state index in [0.29, 0.717) is 22.3 Å². The summed E-state index contributed by atoms with van der Waals surface area (Å²) < 4.78 is 13.6. The Hall–Kier alpha value is -0.770. The van der Waals surface area contributed by atoms with Crippen molar-refractivity contribution in [3.8, 4) is 0 Å². The third-order valence-corrected chi connectivity index (χ3v) is 3.44. The van der Waals surface area contributed by atoms with Gasteiger partial charge in [0.2, 0.25) is 0 Å². The van der Waals surface area contributed by atoms with E-state index in [2.05, 4.69) is 21.2 Å². The van der Waals surface area contributed by atoms with Crippen molar-refractivity contribution in [1.82, 2.24) is 0 Å². The normalized spacial score (nSPS) is 10.4. The quantitative estimate of drug-likeness (QED) is 0.771. The minimum Gasteiger partial charge on any atom is -0.379 e. The predicted molar refractivity (Wildman–Crippen MR) is 77.9 cm³/mol. The van der Waals surface area contributed by atoms with Gasteiger partial charge in [-0.25, -0.2) is 4.39 Å². The Morgan fingerprint density at radius 2 is 1.61 bits per heavy atom. The largest absolute Gasteiger partial charge is 0.379 e. The second-order valence-electron chi connectivity index (χ2n) is 3.72. The topological polar surface area (TPSA) is 12.0 Å². The minimum atomic E-state index is -0.251. The highest BCUT2D eigenvalue weighted by Crippen LogP contribution is 2.34. The van der Waals surface area contributed by atoms with Crippen LogP contribution in [0.3, 0.4) is 0 Å². The number of hydrogen-bond acceptors (Lipinski definition) is 1. The average molecular weight is 349 g/mol. The van der Waals surface area contributed by atoms with E-state index in [0.717, 1.165) is 10.0 Å². The molecular weight excluding hydrogens is 340 g/mol. The Morgan fingerprint density at radius 3 is 2.17 bits per heavy atom. The van der Waals surface area contributed by atoms with Crippen molar-refractivity contribution >= 4 is 44.8 Å². The van der Waals surface area contributed by atoms with Crippen LogP contribution in [-0.4, -0.2) is 0 Å². The molecule has 2 aromatic rings. The first-order valence-corrected chi connectivity index (χ1v) is 6.74. The Bertz CT molecular complexity index is 534. The van der Waals surface area contributed by atoms with Crippen molar-refractivity contribution in [1.29, 1.82) is 0 Å². The molecule has 1 N–H and O–H groups in total. The van der Waals surface area contributed by atoms with Crippen molar-refractivity contribution in [2.75, 3.05) is 5.32 Å². The summed E-state index contributed by atoms with van der Waals surface area (Å²) in [7, 11) is 0. The van der Waals surface area contributed by atoms with Crippen LogP contribution in [0.1, 0.15) is 5.56 Å². The van der Waals surface area contributed by atoms with Gasteiger partial charge in [-0.2, -0.15) is 0 Å². The summed E-state index contributed by atoms with van der Waals surface area (Å²) in [5.41, 5.74) is 1.62. The van der Waals surface area contributed by atoms with Crippen molar-refractivity contribution in [3.05, 3.63) is 62.3 Å². The zero-order valence-corrected chi connectivity index (χ0v) is 12.3.